The molecule has 1 unspecified atom stereocenters. The van der Waals surface area contributed by atoms with Gasteiger partial charge in [0, 0.05) is 29.9 Å². The van der Waals surface area contributed by atoms with E-state index < -0.39 is 21.7 Å². The van der Waals surface area contributed by atoms with Crippen molar-refractivity contribution in [2.45, 2.75) is 77.2 Å². The third-order valence-corrected chi connectivity index (χ3v) is 7.54. The molecule has 164 valence electrons. The highest BCUT2D eigenvalue weighted by atomic mass is 32.2. The maximum atomic E-state index is 13.0. The molecule has 1 fully saturated rings. The Morgan fingerprint density at radius 1 is 1.27 bits per heavy atom. The van der Waals surface area contributed by atoms with Crippen LogP contribution < -0.4 is 4.72 Å². The first-order chi connectivity index (χ1) is 13.9. The van der Waals surface area contributed by atoms with Gasteiger partial charge in [-0.2, -0.15) is 5.26 Å². The molecule has 30 heavy (non-hydrogen) atoms. The number of ether oxygens (including phenoxy) is 1. The third kappa shape index (κ3) is 4.61. The summed E-state index contributed by atoms with van der Waals surface area (Å²) in [6, 6.07) is 8.01. The van der Waals surface area contributed by atoms with E-state index in [1.807, 2.05) is 59.7 Å². The lowest BCUT2D eigenvalue weighted by Crippen LogP contribution is -2.51. The summed E-state index contributed by atoms with van der Waals surface area (Å²) >= 11 is -1.24. The van der Waals surface area contributed by atoms with Gasteiger partial charge in [0.15, 0.2) is 0 Å². The highest BCUT2D eigenvalue weighted by Gasteiger charge is 2.51. The van der Waals surface area contributed by atoms with Crippen molar-refractivity contribution < 1.29 is 14.1 Å². The first-order valence-electron chi connectivity index (χ1n) is 10.5. The summed E-state index contributed by atoms with van der Waals surface area (Å²) in [6.45, 7) is 12.6. The van der Waals surface area contributed by atoms with E-state index in [0.29, 0.717) is 18.7 Å². The molecule has 1 heterocycles. The molecular formula is C23H33N3O3S. The van der Waals surface area contributed by atoms with Crippen molar-refractivity contribution in [2.24, 2.45) is 5.41 Å². The van der Waals surface area contributed by atoms with E-state index in [2.05, 4.69) is 10.8 Å². The molecule has 1 amide bonds. The number of benzene rings is 1. The van der Waals surface area contributed by atoms with E-state index in [-0.39, 0.29) is 17.6 Å². The number of piperidine rings is 1. The van der Waals surface area contributed by atoms with E-state index in [4.69, 9.17) is 4.74 Å². The van der Waals surface area contributed by atoms with Crippen LogP contribution in [-0.2, 0) is 22.5 Å². The van der Waals surface area contributed by atoms with E-state index in [9.17, 15) is 14.6 Å². The number of nitrogens with one attached hydrogen (secondary N) is 1. The molecule has 0 aromatic heterocycles. The number of likely N-dealkylation sites (tertiary alicyclic amines) is 1. The van der Waals surface area contributed by atoms with Crippen molar-refractivity contribution in [3.05, 3.63) is 34.9 Å². The van der Waals surface area contributed by atoms with Gasteiger partial charge in [0.05, 0.1) is 17.7 Å². The smallest absolute Gasteiger partial charge is 0.410 e. The Labute approximate surface area is 183 Å². The summed E-state index contributed by atoms with van der Waals surface area (Å²) < 4.78 is 21.5. The van der Waals surface area contributed by atoms with E-state index in [1.54, 1.807) is 4.90 Å². The monoisotopic (exact) mass is 431 g/mol. The molecule has 1 spiro atoms. The number of rotatable bonds is 2. The van der Waals surface area contributed by atoms with Gasteiger partial charge < -0.3 is 14.2 Å². The van der Waals surface area contributed by atoms with Crippen LogP contribution in [0.1, 0.15) is 77.1 Å². The number of fused-ring (bicyclic) bond motifs is 1. The number of carbonyl (C=O) groups is 1. The minimum atomic E-state index is -1.24. The number of nitriles is 1. The van der Waals surface area contributed by atoms with Crippen LogP contribution in [-0.4, -0.2) is 39.0 Å². The second-order valence-corrected chi connectivity index (χ2v) is 12.4. The van der Waals surface area contributed by atoms with Crippen LogP contribution in [0, 0.1) is 16.7 Å². The molecule has 0 bridgehead atoms. The van der Waals surface area contributed by atoms with Crippen molar-refractivity contribution in [2.75, 3.05) is 13.1 Å². The van der Waals surface area contributed by atoms with Gasteiger partial charge in [-0.25, -0.2) is 4.79 Å². The molecule has 2 aliphatic rings. The summed E-state index contributed by atoms with van der Waals surface area (Å²) in [5.41, 5.74) is 2.11. The van der Waals surface area contributed by atoms with Crippen molar-refractivity contribution in [3.8, 4) is 6.07 Å². The largest absolute Gasteiger partial charge is 0.598 e. The molecule has 1 saturated heterocycles. The fourth-order valence-corrected chi connectivity index (χ4v) is 5.30. The highest BCUT2D eigenvalue weighted by Crippen LogP contribution is 2.53. The Morgan fingerprint density at radius 3 is 2.43 bits per heavy atom. The SMILES string of the molecule is CC(C)(C)OC(=O)N1CCC2(CC1)Cc1c(C#N)cccc1[C@H]2N[S+]([O-])C(C)(C)C. The van der Waals surface area contributed by atoms with Crippen LogP contribution >= 0.6 is 0 Å². The second-order valence-electron chi connectivity index (χ2n) is 10.4. The van der Waals surface area contributed by atoms with Crippen LogP contribution in [0.2, 0.25) is 0 Å². The summed E-state index contributed by atoms with van der Waals surface area (Å²) in [4.78, 5) is 14.3. The normalized spacial score (nSPS) is 21.8. The molecule has 2 atom stereocenters. The summed E-state index contributed by atoms with van der Waals surface area (Å²) in [6.07, 6.45) is 2.01. The van der Waals surface area contributed by atoms with E-state index >= 15 is 0 Å². The summed E-state index contributed by atoms with van der Waals surface area (Å²) in [7, 11) is 0. The Balaban J connectivity index is 1.86. The predicted molar refractivity (Wildman–Crippen MR) is 118 cm³/mol. The van der Waals surface area contributed by atoms with Crippen LogP contribution in [0.4, 0.5) is 4.79 Å². The lowest BCUT2D eigenvalue weighted by Gasteiger charge is -2.43. The summed E-state index contributed by atoms with van der Waals surface area (Å²) in [5, 5.41) is 9.61. The number of hydrogen-bond acceptors (Lipinski definition) is 5. The average molecular weight is 432 g/mol. The van der Waals surface area contributed by atoms with Crippen molar-refractivity contribution in [1.29, 1.82) is 5.26 Å². The van der Waals surface area contributed by atoms with Crippen molar-refractivity contribution >= 4 is 17.5 Å². The van der Waals surface area contributed by atoms with Gasteiger partial charge in [-0.15, -0.1) is 4.72 Å². The van der Waals surface area contributed by atoms with Gasteiger partial charge >= 0.3 is 6.09 Å². The average Bonchev–Trinajstić information content (AvgIpc) is 2.93. The van der Waals surface area contributed by atoms with Crippen molar-refractivity contribution in [3.63, 3.8) is 0 Å². The fourth-order valence-electron chi connectivity index (χ4n) is 4.36. The lowest BCUT2D eigenvalue weighted by molar-refractivity contribution is 0.00716. The predicted octanol–water partition coefficient (Wildman–Crippen LogP) is 4.22. The molecule has 1 aliphatic carbocycles. The Morgan fingerprint density at radius 2 is 1.90 bits per heavy atom. The summed E-state index contributed by atoms with van der Waals surface area (Å²) in [5.74, 6) is 0. The molecule has 0 saturated carbocycles. The Bertz CT molecular complexity index is 843. The van der Waals surface area contributed by atoms with Gasteiger partial charge in [0.2, 0.25) is 0 Å². The maximum absolute atomic E-state index is 13.0. The minimum absolute atomic E-state index is 0.110. The number of carbonyl (C=O) groups excluding carboxylic acids is 1. The standard InChI is InChI=1S/C23H33N3O3S/c1-21(2,3)29-20(27)26-12-10-23(11-13-26)14-18-16(15-24)8-7-9-17(18)19(23)25-30(28)22(4,5)6/h7-9,19,25H,10-14H2,1-6H3/t19-,30?/m1/s1. The first kappa shape index (κ1) is 22.9. The molecule has 1 aromatic carbocycles. The van der Waals surface area contributed by atoms with Gasteiger partial charge in [-0.05, 0) is 78.0 Å². The molecule has 3 rings (SSSR count). The third-order valence-electron chi connectivity index (χ3n) is 5.98. The van der Waals surface area contributed by atoms with Gasteiger partial charge in [0.25, 0.3) is 0 Å². The zero-order valence-electron chi connectivity index (χ0n) is 18.9. The fraction of sp³-hybridized carbons (Fsp3) is 0.652. The topological polar surface area (TPSA) is 88.4 Å². The van der Waals surface area contributed by atoms with Crippen LogP contribution in [0.3, 0.4) is 0 Å². The zero-order chi connectivity index (χ0) is 22.3. The van der Waals surface area contributed by atoms with Crippen LogP contribution in [0.25, 0.3) is 0 Å². The molecule has 1 N–H and O–H groups in total. The number of hydrogen-bond donors (Lipinski definition) is 1. The van der Waals surface area contributed by atoms with Gasteiger partial charge in [-0.3, -0.25) is 0 Å². The Hall–Kier alpha value is -1.75. The quantitative estimate of drug-likeness (QED) is 0.708. The first-order valence-corrected chi connectivity index (χ1v) is 11.7. The van der Waals surface area contributed by atoms with Gasteiger partial charge in [-0.1, -0.05) is 12.1 Å². The lowest BCUT2D eigenvalue weighted by atomic mass is 9.73. The molecule has 0 radical (unpaired) electrons. The van der Waals surface area contributed by atoms with Crippen LogP contribution in [0.5, 0.6) is 0 Å². The van der Waals surface area contributed by atoms with E-state index in [1.165, 1.54) is 0 Å². The highest BCUT2D eigenvalue weighted by molar-refractivity contribution is 7.90. The molecule has 7 heteroatoms. The zero-order valence-corrected chi connectivity index (χ0v) is 19.7. The molecule has 1 aliphatic heterocycles. The van der Waals surface area contributed by atoms with E-state index in [0.717, 1.165) is 30.4 Å². The molecule has 1 aromatic rings. The second kappa shape index (κ2) is 8.07. The molecule has 6 nitrogen and oxygen atoms in total. The van der Waals surface area contributed by atoms with Crippen molar-refractivity contribution in [1.82, 2.24) is 9.62 Å². The maximum Gasteiger partial charge on any atom is 0.410 e. The van der Waals surface area contributed by atoms with Crippen LogP contribution in [0.15, 0.2) is 18.2 Å². The van der Waals surface area contributed by atoms with Gasteiger partial charge in [0.1, 0.15) is 10.3 Å². The minimum Gasteiger partial charge on any atom is -0.598 e. The molecular weight excluding hydrogens is 398 g/mol. The number of amides is 1. The Kier molecular flexibility index (Phi) is 6.16. The number of nitrogens with zero attached hydrogens (tertiary/aromatic N) is 2.